The van der Waals surface area contributed by atoms with Crippen molar-refractivity contribution in [1.29, 1.82) is 0 Å². The van der Waals surface area contributed by atoms with Gasteiger partial charge in [0, 0.05) is 12.7 Å². The largest absolute Gasteiger partial charge is 0.388 e. The summed E-state index contributed by atoms with van der Waals surface area (Å²) >= 11 is 3.20. The van der Waals surface area contributed by atoms with E-state index in [9.17, 15) is 9.90 Å². The van der Waals surface area contributed by atoms with Gasteiger partial charge < -0.3 is 10.4 Å². The first-order valence-corrected chi connectivity index (χ1v) is 6.42. The Labute approximate surface area is 110 Å². The number of carbonyl (C=O) groups is 1. The molecule has 0 unspecified atom stereocenters. The Hall–Kier alpha value is -0.940. The zero-order valence-corrected chi connectivity index (χ0v) is 11.6. The molecule has 94 valence electrons. The number of rotatable bonds is 5. The van der Waals surface area contributed by atoms with E-state index in [0.29, 0.717) is 23.0 Å². The minimum absolute atomic E-state index is 0.217. The van der Waals surface area contributed by atoms with Gasteiger partial charge in [-0.3, -0.25) is 4.79 Å². The second-order valence-corrected chi connectivity index (χ2v) is 4.80. The van der Waals surface area contributed by atoms with Crippen molar-refractivity contribution in [2.45, 2.75) is 32.3 Å². The molecule has 0 saturated carbocycles. The van der Waals surface area contributed by atoms with Gasteiger partial charge >= 0.3 is 0 Å². The van der Waals surface area contributed by atoms with E-state index >= 15 is 0 Å². The molecule has 17 heavy (non-hydrogen) atoms. The van der Waals surface area contributed by atoms with E-state index in [2.05, 4.69) is 26.2 Å². The molecule has 0 radical (unpaired) electrons. The number of nitrogens with one attached hydrogen (secondary N) is 1. The van der Waals surface area contributed by atoms with Crippen LogP contribution in [0.25, 0.3) is 0 Å². The Morgan fingerprint density at radius 2 is 2.12 bits per heavy atom. The lowest BCUT2D eigenvalue weighted by Gasteiger charge is -2.25. The summed E-state index contributed by atoms with van der Waals surface area (Å²) in [6.45, 7) is 4.06. The Balaban J connectivity index is 2.58. The normalized spacial score (nSPS) is 11.3. The average molecular weight is 301 g/mol. The van der Waals surface area contributed by atoms with Gasteiger partial charge in [0.25, 0.3) is 5.91 Å². The molecular weight excluding hydrogens is 284 g/mol. The Morgan fingerprint density at radius 3 is 2.59 bits per heavy atom. The summed E-state index contributed by atoms with van der Waals surface area (Å²) in [7, 11) is 0. The molecule has 1 rings (SSSR count). The molecule has 1 aromatic heterocycles. The summed E-state index contributed by atoms with van der Waals surface area (Å²) in [6.07, 6.45) is 2.72. The summed E-state index contributed by atoms with van der Waals surface area (Å²) in [5.74, 6) is -0.217. The molecule has 5 heteroatoms. The SMILES string of the molecule is CCC(O)(CC)CNC(=O)c1ccc(Br)nc1. The summed E-state index contributed by atoms with van der Waals surface area (Å²) in [4.78, 5) is 15.7. The number of hydrogen-bond donors (Lipinski definition) is 2. The van der Waals surface area contributed by atoms with Gasteiger partial charge in [0.05, 0.1) is 11.2 Å². The fraction of sp³-hybridized carbons (Fsp3) is 0.500. The fourth-order valence-electron chi connectivity index (χ4n) is 1.36. The summed E-state index contributed by atoms with van der Waals surface area (Å²) in [5.41, 5.74) is -0.332. The third kappa shape index (κ3) is 4.09. The maximum Gasteiger partial charge on any atom is 0.252 e. The number of nitrogens with zero attached hydrogens (tertiary/aromatic N) is 1. The molecule has 0 aliphatic carbocycles. The van der Waals surface area contributed by atoms with Crippen molar-refractivity contribution < 1.29 is 9.90 Å². The van der Waals surface area contributed by atoms with E-state index in [1.54, 1.807) is 12.1 Å². The van der Waals surface area contributed by atoms with Gasteiger partial charge in [-0.25, -0.2) is 4.98 Å². The maximum atomic E-state index is 11.8. The van der Waals surface area contributed by atoms with Crippen LogP contribution in [-0.4, -0.2) is 28.1 Å². The van der Waals surface area contributed by atoms with E-state index in [-0.39, 0.29) is 12.5 Å². The van der Waals surface area contributed by atoms with Gasteiger partial charge in [0.15, 0.2) is 0 Å². The molecule has 0 aliphatic heterocycles. The van der Waals surface area contributed by atoms with E-state index < -0.39 is 5.60 Å². The van der Waals surface area contributed by atoms with E-state index in [1.165, 1.54) is 6.20 Å². The number of hydrogen-bond acceptors (Lipinski definition) is 3. The van der Waals surface area contributed by atoms with Gasteiger partial charge in [0.1, 0.15) is 4.60 Å². The number of aliphatic hydroxyl groups is 1. The fourth-order valence-corrected chi connectivity index (χ4v) is 1.59. The zero-order valence-electron chi connectivity index (χ0n) is 10.0. The predicted molar refractivity (Wildman–Crippen MR) is 69.8 cm³/mol. The third-order valence-corrected chi connectivity index (χ3v) is 3.35. The molecule has 1 aromatic rings. The highest BCUT2D eigenvalue weighted by Crippen LogP contribution is 2.13. The van der Waals surface area contributed by atoms with Crippen molar-refractivity contribution in [1.82, 2.24) is 10.3 Å². The summed E-state index contributed by atoms with van der Waals surface area (Å²) in [5, 5.41) is 12.7. The van der Waals surface area contributed by atoms with Crippen LogP contribution in [0.1, 0.15) is 37.0 Å². The summed E-state index contributed by atoms with van der Waals surface area (Å²) in [6, 6.07) is 3.39. The van der Waals surface area contributed by atoms with Crippen LogP contribution >= 0.6 is 15.9 Å². The molecule has 0 aromatic carbocycles. The Bertz CT molecular complexity index is 375. The number of amides is 1. The molecule has 1 heterocycles. The number of aromatic nitrogens is 1. The molecular formula is C12H17BrN2O2. The molecule has 1 amide bonds. The average Bonchev–Trinajstić information content (AvgIpc) is 2.36. The number of carbonyl (C=O) groups excluding carboxylic acids is 1. The van der Waals surface area contributed by atoms with Gasteiger partial charge in [-0.05, 0) is 40.9 Å². The van der Waals surface area contributed by atoms with E-state index in [0.717, 1.165) is 0 Å². The molecule has 2 N–H and O–H groups in total. The van der Waals surface area contributed by atoms with Crippen LogP contribution in [0.4, 0.5) is 0 Å². The van der Waals surface area contributed by atoms with Crippen LogP contribution in [0.2, 0.25) is 0 Å². The quantitative estimate of drug-likeness (QED) is 0.819. The van der Waals surface area contributed by atoms with Gasteiger partial charge in [-0.2, -0.15) is 0 Å². The highest BCUT2D eigenvalue weighted by molar-refractivity contribution is 9.10. The Morgan fingerprint density at radius 1 is 1.47 bits per heavy atom. The van der Waals surface area contributed by atoms with Crippen LogP contribution in [0.3, 0.4) is 0 Å². The first-order chi connectivity index (χ1) is 8.00. The topological polar surface area (TPSA) is 62.2 Å². The van der Waals surface area contributed by atoms with Crippen molar-refractivity contribution >= 4 is 21.8 Å². The van der Waals surface area contributed by atoms with Crippen molar-refractivity contribution in [3.05, 3.63) is 28.5 Å². The number of pyridine rings is 1. The predicted octanol–water partition coefficient (Wildman–Crippen LogP) is 2.12. The lowest BCUT2D eigenvalue weighted by molar-refractivity contribution is 0.0314. The van der Waals surface area contributed by atoms with Crippen molar-refractivity contribution in [3.63, 3.8) is 0 Å². The lowest BCUT2D eigenvalue weighted by Crippen LogP contribution is -2.42. The van der Waals surface area contributed by atoms with Crippen LogP contribution in [-0.2, 0) is 0 Å². The molecule has 4 nitrogen and oxygen atoms in total. The minimum atomic E-state index is -0.821. The van der Waals surface area contributed by atoms with E-state index in [1.807, 2.05) is 13.8 Å². The summed E-state index contributed by atoms with van der Waals surface area (Å²) < 4.78 is 0.688. The monoisotopic (exact) mass is 300 g/mol. The third-order valence-electron chi connectivity index (χ3n) is 2.88. The molecule has 0 atom stereocenters. The van der Waals surface area contributed by atoms with Crippen LogP contribution in [0, 0.1) is 0 Å². The Kier molecular flexibility index (Phi) is 5.08. The van der Waals surface area contributed by atoms with Crippen LogP contribution in [0.5, 0.6) is 0 Å². The second kappa shape index (κ2) is 6.12. The molecule has 0 saturated heterocycles. The standard InChI is InChI=1S/C12H17BrN2O2/c1-3-12(17,4-2)8-15-11(16)9-5-6-10(13)14-7-9/h5-7,17H,3-4,8H2,1-2H3,(H,15,16). The van der Waals surface area contributed by atoms with E-state index in [4.69, 9.17) is 0 Å². The van der Waals surface area contributed by atoms with Crippen LogP contribution < -0.4 is 5.32 Å². The van der Waals surface area contributed by atoms with Crippen molar-refractivity contribution in [2.24, 2.45) is 0 Å². The number of halogens is 1. The highest BCUT2D eigenvalue weighted by atomic mass is 79.9. The smallest absolute Gasteiger partial charge is 0.252 e. The molecule has 0 aliphatic rings. The lowest BCUT2D eigenvalue weighted by atomic mass is 9.97. The second-order valence-electron chi connectivity index (χ2n) is 3.98. The highest BCUT2D eigenvalue weighted by Gasteiger charge is 2.22. The molecule has 0 spiro atoms. The van der Waals surface area contributed by atoms with Gasteiger partial charge in [0.2, 0.25) is 0 Å². The maximum absolute atomic E-state index is 11.8. The van der Waals surface area contributed by atoms with Crippen LogP contribution in [0.15, 0.2) is 22.9 Å². The van der Waals surface area contributed by atoms with Gasteiger partial charge in [-0.1, -0.05) is 13.8 Å². The molecule has 0 bridgehead atoms. The van der Waals surface area contributed by atoms with Crippen molar-refractivity contribution in [3.8, 4) is 0 Å². The first-order valence-electron chi connectivity index (χ1n) is 5.63. The molecule has 0 fully saturated rings. The van der Waals surface area contributed by atoms with Gasteiger partial charge in [-0.15, -0.1) is 0 Å². The van der Waals surface area contributed by atoms with Crippen molar-refractivity contribution in [2.75, 3.05) is 6.54 Å². The minimum Gasteiger partial charge on any atom is -0.388 e. The zero-order chi connectivity index (χ0) is 12.9. The first kappa shape index (κ1) is 14.1.